The summed E-state index contributed by atoms with van der Waals surface area (Å²) in [6.45, 7) is 8.36. The molecule has 7 rings (SSSR count). The standard InChI is InChI=1S/C32H29NO2/c1-18(2)29-25-6-4-19(3)14-22(25)16-27-31-30-26(8-11-33-31)24-7-5-21(20-9-12-34-13-10-20)15-23(24)17-28(30)35-32(27)29/h4-8,11,14-18,20H,9-10,12-13H2,1-3H3. The van der Waals surface area contributed by atoms with Crippen LogP contribution in [0.3, 0.4) is 0 Å². The number of hydrogen-bond acceptors (Lipinski definition) is 3. The maximum absolute atomic E-state index is 6.81. The molecule has 0 bridgehead atoms. The summed E-state index contributed by atoms with van der Waals surface area (Å²) in [7, 11) is 0. The Morgan fingerprint density at radius 3 is 2.49 bits per heavy atom. The van der Waals surface area contributed by atoms with Crippen LogP contribution in [0, 0.1) is 6.92 Å². The van der Waals surface area contributed by atoms with Crippen molar-refractivity contribution in [2.24, 2.45) is 0 Å². The zero-order valence-corrected chi connectivity index (χ0v) is 20.5. The first-order valence-corrected chi connectivity index (χ1v) is 12.8. The van der Waals surface area contributed by atoms with Crippen molar-refractivity contribution in [2.45, 2.75) is 45.4 Å². The van der Waals surface area contributed by atoms with Gasteiger partial charge in [0.25, 0.3) is 0 Å². The van der Waals surface area contributed by atoms with Gasteiger partial charge in [-0.3, -0.25) is 4.98 Å². The lowest BCUT2D eigenvalue weighted by Gasteiger charge is -2.27. The van der Waals surface area contributed by atoms with Crippen molar-refractivity contribution >= 4 is 32.3 Å². The smallest absolute Gasteiger partial charge is 0.140 e. The minimum absolute atomic E-state index is 0.330. The molecule has 3 heteroatoms. The number of benzene rings is 4. The van der Waals surface area contributed by atoms with Crippen LogP contribution in [0.5, 0.6) is 11.5 Å². The van der Waals surface area contributed by atoms with E-state index in [9.17, 15) is 0 Å². The van der Waals surface area contributed by atoms with Gasteiger partial charge in [-0.15, -0.1) is 0 Å². The van der Waals surface area contributed by atoms with Crippen LogP contribution < -0.4 is 4.74 Å². The number of rotatable bonds is 2. The maximum Gasteiger partial charge on any atom is 0.140 e. The molecule has 2 aliphatic rings. The lowest BCUT2D eigenvalue weighted by atomic mass is 9.86. The van der Waals surface area contributed by atoms with E-state index in [2.05, 4.69) is 75.4 Å². The van der Waals surface area contributed by atoms with Gasteiger partial charge < -0.3 is 9.47 Å². The van der Waals surface area contributed by atoms with Gasteiger partial charge in [0.05, 0.1) is 11.1 Å². The number of aryl methyl sites for hydroxylation is 1. The van der Waals surface area contributed by atoms with Crippen LogP contribution in [0.2, 0.25) is 0 Å². The Bertz CT molecular complexity index is 1640. The molecular formula is C32H29NO2. The summed E-state index contributed by atoms with van der Waals surface area (Å²) in [6.07, 6.45) is 4.14. The number of hydrogen-bond donors (Lipinski definition) is 0. The van der Waals surface area contributed by atoms with Gasteiger partial charge in [0.15, 0.2) is 0 Å². The van der Waals surface area contributed by atoms with Crippen LogP contribution >= 0.6 is 0 Å². The Balaban J connectivity index is 1.51. The molecule has 5 aromatic rings. The van der Waals surface area contributed by atoms with E-state index in [1.54, 1.807) is 0 Å². The van der Waals surface area contributed by atoms with Crippen LogP contribution in [0.25, 0.3) is 43.6 Å². The van der Waals surface area contributed by atoms with Crippen LogP contribution in [0.1, 0.15) is 55.2 Å². The molecule has 0 atom stereocenters. The van der Waals surface area contributed by atoms with E-state index in [0.29, 0.717) is 11.8 Å². The van der Waals surface area contributed by atoms with Crippen molar-refractivity contribution in [3.63, 3.8) is 0 Å². The summed E-state index contributed by atoms with van der Waals surface area (Å²) < 4.78 is 12.4. The van der Waals surface area contributed by atoms with Crippen molar-refractivity contribution < 1.29 is 9.47 Å². The number of pyridine rings is 1. The highest BCUT2D eigenvalue weighted by Crippen LogP contribution is 2.52. The molecule has 2 aliphatic heterocycles. The molecule has 174 valence electrons. The number of ether oxygens (including phenoxy) is 2. The Morgan fingerprint density at radius 1 is 0.857 bits per heavy atom. The molecule has 0 spiro atoms. The average molecular weight is 460 g/mol. The predicted octanol–water partition coefficient (Wildman–Crippen LogP) is 8.64. The zero-order valence-electron chi connectivity index (χ0n) is 20.5. The average Bonchev–Trinajstić information content (AvgIpc) is 2.87. The largest absolute Gasteiger partial charge is 0.456 e. The highest BCUT2D eigenvalue weighted by atomic mass is 16.5. The van der Waals surface area contributed by atoms with Gasteiger partial charge in [0.2, 0.25) is 0 Å². The van der Waals surface area contributed by atoms with Crippen molar-refractivity contribution in [1.82, 2.24) is 4.98 Å². The molecule has 0 unspecified atom stereocenters. The minimum atomic E-state index is 0.330. The molecule has 4 aromatic carbocycles. The fourth-order valence-corrected chi connectivity index (χ4v) is 6.17. The van der Waals surface area contributed by atoms with Crippen molar-refractivity contribution in [3.05, 3.63) is 77.5 Å². The molecule has 3 heterocycles. The fraction of sp³-hybridized carbons (Fsp3) is 0.281. The summed E-state index contributed by atoms with van der Waals surface area (Å²) in [6, 6.07) is 20.3. The van der Waals surface area contributed by atoms with E-state index in [1.165, 1.54) is 43.6 Å². The van der Waals surface area contributed by atoms with Gasteiger partial charge in [-0.05, 0) is 82.3 Å². The molecule has 0 radical (unpaired) electrons. The molecule has 0 amide bonds. The highest BCUT2D eigenvalue weighted by molar-refractivity contribution is 6.16. The van der Waals surface area contributed by atoms with E-state index in [4.69, 9.17) is 14.5 Å². The van der Waals surface area contributed by atoms with Crippen LogP contribution in [-0.2, 0) is 4.74 Å². The normalized spacial score (nSPS) is 15.7. The van der Waals surface area contributed by atoms with Crippen molar-refractivity contribution in [1.29, 1.82) is 0 Å². The number of nitrogens with zero attached hydrogens (tertiary/aromatic N) is 1. The molecule has 1 fully saturated rings. The second-order valence-electron chi connectivity index (χ2n) is 10.5. The molecule has 0 aliphatic carbocycles. The maximum atomic E-state index is 6.81. The second-order valence-corrected chi connectivity index (χ2v) is 10.5. The molecule has 0 N–H and O–H groups in total. The van der Waals surface area contributed by atoms with Gasteiger partial charge >= 0.3 is 0 Å². The first kappa shape index (κ1) is 20.9. The molecule has 1 aromatic heterocycles. The Hall–Kier alpha value is -3.43. The molecule has 3 nitrogen and oxygen atoms in total. The van der Waals surface area contributed by atoms with E-state index < -0.39 is 0 Å². The van der Waals surface area contributed by atoms with Crippen LogP contribution in [0.4, 0.5) is 0 Å². The van der Waals surface area contributed by atoms with E-state index in [0.717, 1.165) is 54.2 Å². The third-order valence-electron chi connectivity index (χ3n) is 7.87. The van der Waals surface area contributed by atoms with Gasteiger partial charge in [0, 0.05) is 30.5 Å². The van der Waals surface area contributed by atoms with Gasteiger partial charge in [-0.2, -0.15) is 0 Å². The van der Waals surface area contributed by atoms with E-state index >= 15 is 0 Å². The SMILES string of the molecule is Cc1ccc2c(C(C)C)c3c(cc2c1)-c1nccc2c1c(cc1cc(C4CCOCC4)ccc12)O3. The van der Waals surface area contributed by atoms with E-state index in [-0.39, 0.29) is 0 Å². The fourth-order valence-electron chi connectivity index (χ4n) is 6.17. The minimum Gasteiger partial charge on any atom is -0.456 e. The zero-order chi connectivity index (χ0) is 23.7. The summed E-state index contributed by atoms with van der Waals surface area (Å²) in [5.74, 6) is 2.78. The number of aromatic nitrogens is 1. The van der Waals surface area contributed by atoms with E-state index in [1.807, 2.05) is 6.20 Å². The summed E-state index contributed by atoms with van der Waals surface area (Å²) in [5.41, 5.74) is 6.06. The first-order valence-electron chi connectivity index (χ1n) is 12.8. The van der Waals surface area contributed by atoms with Crippen molar-refractivity contribution in [2.75, 3.05) is 13.2 Å². The quantitative estimate of drug-likeness (QED) is 0.243. The molecule has 1 saturated heterocycles. The molecule has 35 heavy (non-hydrogen) atoms. The van der Waals surface area contributed by atoms with Gasteiger partial charge in [-0.1, -0.05) is 55.8 Å². The van der Waals surface area contributed by atoms with Gasteiger partial charge in [0.1, 0.15) is 11.5 Å². The summed E-state index contributed by atoms with van der Waals surface area (Å²) >= 11 is 0. The Labute approximate surface area is 205 Å². The summed E-state index contributed by atoms with van der Waals surface area (Å²) in [5, 5.41) is 7.34. The van der Waals surface area contributed by atoms with Gasteiger partial charge in [-0.25, -0.2) is 0 Å². The Kier molecular flexibility index (Phi) is 4.65. The molecular weight excluding hydrogens is 430 g/mol. The monoisotopic (exact) mass is 459 g/mol. The van der Waals surface area contributed by atoms with Crippen LogP contribution in [0.15, 0.2) is 60.8 Å². The third kappa shape index (κ3) is 3.18. The van der Waals surface area contributed by atoms with Crippen molar-refractivity contribution in [3.8, 4) is 22.8 Å². The summed E-state index contributed by atoms with van der Waals surface area (Å²) in [4.78, 5) is 4.91. The topological polar surface area (TPSA) is 31.4 Å². The lowest BCUT2D eigenvalue weighted by molar-refractivity contribution is 0.0853. The predicted molar refractivity (Wildman–Crippen MR) is 144 cm³/mol. The first-order chi connectivity index (χ1) is 17.1. The third-order valence-corrected chi connectivity index (χ3v) is 7.87. The number of fused-ring (bicyclic) bond motifs is 5. The van der Waals surface area contributed by atoms with Crippen LogP contribution in [-0.4, -0.2) is 18.2 Å². The highest BCUT2D eigenvalue weighted by Gasteiger charge is 2.28. The second kappa shape index (κ2) is 7.79. The molecule has 0 saturated carbocycles. The Morgan fingerprint density at radius 2 is 1.66 bits per heavy atom. The lowest BCUT2D eigenvalue weighted by Crippen LogP contribution is -2.13.